The molecule has 31 heavy (non-hydrogen) atoms. The van der Waals surface area contributed by atoms with Gasteiger partial charge in [0.2, 0.25) is 0 Å². The summed E-state index contributed by atoms with van der Waals surface area (Å²) in [6.07, 6.45) is 3.27. The highest BCUT2D eigenvalue weighted by atomic mass is 16.4. The van der Waals surface area contributed by atoms with E-state index in [0.717, 1.165) is 24.8 Å². The van der Waals surface area contributed by atoms with Crippen LogP contribution in [0.25, 0.3) is 11.3 Å². The number of aromatic hydroxyl groups is 1. The third-order valence-corrected chi connectivity index (χ3v) is 5.46. The zero-order valence-electron chi connectivity index (χ0n) is 17.2. The fourth-order valence-electron chi connectivity index (χ4n) is 3.82. The predicted molar refractivity (Wildman–Crippen MR) is 115 cm³/mol. The largest absolute Gasteiger partial charge is 0.504 e. The molecule has 1 aliphatic carbocycles. The van der Waals surface area contributed by atoms with Gasteiger partial charge in [-0.25, -0.2) is 10.2 Å². The Morgan fingerprint density at radius 2 is 1.74 bits per heavy atom. The summed E-state index contributed by atoms with van der Waals surface area (Å²) >= 11 is 0. The summed E-state index contributed by atoms with van der Waals surface area (Å²) in [6, 6.07) is 11.7. The third kappa shape index (κ3) is 3.92. The van der Waals surface area contributed by atoms with E-state index in [1.807, 2.05) is 6.07 Å². The number of benzene rings is 2. The minimum atomic E-state index is -1.06. The zero-order valence-corrected chi connectivity index (χ0v) is 17.2. The molecule has 0 bridgehead atoms. The number of nitrogens with zero attached hydrogens (tertiary/aromatic N) is 3. The van der Waals surface area contributed by atoms with Crippen molar-refractivity contribution in [1.82, 2.24) is 15.2 Å². The molecule has 1 heterocycles. The number of aryl methyl sites for hydroxylation is 3. The molecule has 0 unspecified atom stereocenters. The molecular weight excluding hydrogens is 396 g/mol. The number of carboxylic acids is 1. The Morgan fingerprint density at radius 1 is 1.06 bits per heavy atom. The van der Waals surface area contributed by atoms with Crippen molar-refractivity contribution in [2.24, 2.45) is 12.1 Å². The van der Waals surface area contributed by atoms with E-state index in [1.165, 1.54) is 35.4 Å². The second kappa shape index (κ2) is 8.06. The van der Waals surface area contributed by atoms with Gasteiger partial charge in [-0.2, -0.15) is 10.2 Å². The minimum Gasteiger partial charge on any atom is -0.504 e. The van der Waals surface area contributed by atoms with Crippen LogP contribution in [0.5, 0.6) is 5.75 Å². The average molecular weight is 418 g/mol. The van der Waals surface area contributed by atoms with Crippen LogP contribution >= 0.6 is 0 Å². The number of hydrogen-bond acceptors (Lipinski definition) is 5. The number of hydrazone groups is 1. The Morgan fingerprint density at radius 3 is 2.45 bits per heavy atom. The minimum absolute atomic E-state index is 0.00163. The molecule has 158 valence electrons. The molecule has 1 amide bonds. The number of carbonyl (C=O) groups is 2. The smallest absolute Gasteiger partial charge is 0.335 e. The second-order valence-electron chi connectivity index (χ2n) is 7.53. The SMILES string of the molecule is C/C(=N\NC(=O)c1ccc(C(=O)O)cc1)c1nn(C)c(-c2ccc3c(c2)CCC3)c1O. The fraction of sp³-hybridized carbons (Fsp3) is 0.217. The summed E-state index contributed by atoms with van der Waals surface area (Å²) in [5.74, 6) is -1.56. The Labute approximate surface area is 178 Å². The van der Waals surface area contributed by atoms with Crippen LogP contribution in [0.3, 0.4) is 0 Å². The average Bonchev–Trinajstić information content (AvgIpc) is 3.34. The number of aromatic carboxylic acids is 1. The van der Waals surface area contributed by atoms with Crippen molar-refractivity contribution in [3.05, 3.63) is 70.4 Å². The van der Waals surface area contributed by atoms with Gasteiger partial charge < -0.3 is 10.2 Å². The molecule has 1 aliphatic rings. The molecule has 0 radical (unpaired) electrons. The Balaban J connectivity index is 1.55. The highest BCUT2D eigenvalue weighted by Crippen LogP contribution is 2.34. The van der Waals surface area contributed by atoms with Gasteiger partial charge in [0.1, 0.15) is 5.69 Å². The number of fused-ring (bicyclic) bond motifs is 1. The standard InChI is InChI=1S/C23H22N4O4/c1-13(24-25-22(29)15-7-9-16(10-8-15)23(30)31)19-21(28)20(27(2)26-19)18-11-6-14-4-3-5-17(14)12-18/h6-12,28H,3-5H2,1-2H3,(H,25,29)(H,30,31)/b24-13+. The monoisotopic (exact) mass is 418 g/mol. The second-order valence-corrected chi connectivity index (χ2v) is 7.53. The maximum atomic E-state index is 12.3. The van der Waals surface area contributed by atoms with Crippen LogP contribution in [0, 0.1) is 0 Å². The Kier molecular flexibility index (Phi) is 5.29. The summed E-state index contributed by atoms with van der Waals surface area (Å²) in [7, 11) is 1.75. The van der Waals surface area contributed by atoms with Crippen LogP contribution in [-0.2, 0) is 19.9 Å². The first-order valence-corrected chi connectivity index (χ1v) is 9.91. The van der Waals surface area contributed by atoms with Crippen molar-refractivity contribution in [3.8, 4) is 17.0 Å². The predicted octanol–water partition coefficient (Wildman–Crippen LogP) is 3.13. The molecular formula is C23H22N4O4. The Hall–Kier alpha value is -3.94. The lowest BCUT2D eigenvalue weighted by molar-refractivity contribution is 0.0696. The zero-order chi connectivity index (χ0) is 22.1. The summed E-state index contributed by atoms with van der Waals surface area (Å²) in [5, 5.41) is 28.2. The summed E-state index contributed by atoms with van der Waals surface area (Å²) in [6.45, 7) is 1.64. The molecule has 1 aromatic heterocycles. The van der Waals surface area contributed by atoms with Crippen LogP contribution in [-0.4, -0.2) is 37.6 Å². The van der Waals surface area contributed by atoms with Crippen molar-refractivity contribution >= 4 is 17.6 Å². The number of aromatic nitrogens is 2. The van der Waals surface area contributed by atoms with Gasteiger partial charge in [0.25, 0.3) is 5.91 Å². The lowest BCUT2D eigenvalue weighted by atomic mass is 10.0. The molecule has 3 aromatic rings. The van der Waals surface area contributed by atoms with E-state index < -0.39 is 11.9 Å². The van der Waals surface area contributed by atoms with Crippen molar-refractivity contribution in [3.63, 3.8) is 0 Å². The van der Waals surface area contributed by atoms with Crippen LogP contribution in [0.2, 0.25) is 0 Å². The first-order valence-electron chi connectivity index (χ1n) is 9.91. The van der Waals surface area contributed by atoms with Crippen LogP contribution in [0.15, 0.2) is 47.6 Å². The maximum absolute atomic E-state index is 12.3. The van der Waals surface area contributed by atoms with Gasteiger partial charge in [-0.05, 0) is 67.6 Å². The number of rotatable bonds is 5. The molecule has 4 rings (SSSR count). The first-order chi connectivity index (χ1) is 14.8. The van der Waals surface area contributed by atoms with Gasteiger partial charge >= 0.3 is 5.97 Å². The fourth-order valence-corrected chi connectivity index (χ4v) is 3.82. The summed E-state index contributed by atoms with van der Waals surface area (Å²) < 4.78 is 1.60. The number of amides is 1. The lowest BCUT2D eigenvalue weighted by Gasteiger charge is -2.06. The first kappa shape index (κ1) is 20.3. The van der Waals surface area contributed by atoms with Gasteiger partial charge in [-0.15, -0.1) is 0 Å². The van der Waals surface area contributed by atoms with E-state index in [0.29, 0.717) is 11.4 Å². The van der Waals surface area contributed by atoms with E-state index >= 15 is 0 Å². The molecule has 0 saturated heterocycles. The van der Waals surface area contributed by atoms with E-state index in [1.54, 1.807) is 18.7 Å². The molecule has 8 heteroatoms. The van der Waals surface area contributed by atoms with Crippen LogP contribution in [0.1, 0.15) is 50.9 Å². The van der Waals surface area contributed by atoms with Gasteiger partial charge in [0.15, 0.2) is 11.4 Å². The number of nitrogens with one attached hydrogen (secondary N) is 1. The van der Waals surface area contributed by atoms with Crippen LogP contribution < -0.4 is 5.43 Å². The molecule has 0 saturated carbocycles. The van der Waals surface area contributed by atoms with Crippen molar-refractivity contribution < 1.29 is 19.8 Å². The topological polar surface area (TPSA) is 117 Å². The molecule has 0 atom stereocenters. The number of hydrogen-bond donors (Lipinski definition) is 3. The number of carboxylic acid groups (broad SMARTS) is 1. The molecule has 0 spiro atoms. The van der Waals surface area contributed by atoms with Crippen molar-refractivity contribution in [2.45, 2.75) is 26.2 Å². The summed E-state index contributed by atoms with van der Waals surface area (Å²) in [5.41, 5.74) is 7.52. The van der Waals surface area contributed by atoms with Gasteiger partial charge in [-0.1, -0.05) is 12.1 Å². The highest BCUT2D eigenvalue weighted by Gasteiger charge is 2.21. The van der Waals surface area contributed by atoms with Crippen molar-refractivity contribution in [1.29, 1.82) is 0 Å². The van der Waals surface area contributed by atoms with E-state index in [-0.39, 0.29) is 22.6 Å². The molecule has 8 nitrogen and oxygen atoms in total. The van der Waals surface area contributed by atoms with Crippen molar-refractivity contribution in [2.75, 3.05) is 0 Å². The van der Waals surface area contributed by atoms with Gasteiger partial charge in [-0.3, -0.25) is 9.48 Å². The highest BCUT2D eigenvalue weighted by molar-refractivity contribution is 6.02. The van der Waals surface area contributed by atoms with E-state index in [9.17, 15) is 14.7 Å². The normalized spacial score (nSPS) is 13.2. The van der Waals surface area contributed by atoms with Gasteiger partial charge in [0.05, 0.1) is 11.3 Å². The lowest BCUT2D eigenvalue weighted by Crippen LogP contribution is -2.19. The molecule has 3 N–H and O–H groups in total. The van der Waals surface area contributed by atoms with E-state index in [4.69, 9.17) is 5.11 Å². The third-order valence-electron chi connectivity index (χ3n) is 5.46. The van der Waals surface area contributed by atoms with Gasteiger partial charge in [0, 0.05) is 18.2 Å². The maximum Gasteiger partial charge on any atom is 0.335 e. The summed E-state index contributed by atoms with van der Waals surface area (Å²) in [4.78, 5) is 23.2. The molecule has 0 fully saturated rings. The van der Waals surface area contributed by atoms with E-state index in [2.05, 4.69) is 27.8 Å². The quantitative estimate of drug-likeness (QED) is 0.435. The molecule has 0 aliphatic heterocycles. The van der Waals surface area contributed by atoms with Crippen LogP contribution in [0.4, 0.5) is 0 Å². The number of carbonyl (C=O) groups excluding carboxylic acids is 1. The Bertz CT molecular complexity index is 1210. The molecule has 2 aromatic carbocycles.